The second-order valence-electron chi connectivity index (χ2n) is 4.40. The third kappa shape index (κ3) is 3.24. The van der Waals surface area contributed by atoms with Crippen LogP contribution in [-0.4, -0.2) is 5.75 Å². The monoisotopic (exact) mass is 236 g/mol. The zero-order valence-electron chi connectivity index (χ0n) is 9.78. The van der Waals surface area contributed by atoms with Crippen molar-refractivity contribution in [1.29, 1.82) is 0 Å². The Labute approximate surface area is 102 Å². The Hall–Kier alpha value is -0.510. The van der Waals surface area contributed by atoms with Gasteiger partial charge in [-0.15, -0.1) is 11.8 Å². The summed E-state index contributed by atoms with van der Waals surface area (Å²) >= 11 is 1.88. The van der Waals surface area contributed by atoms with E-state index in [0.29, 0.717) is 6.04 Å². The number of thioether (sulfide) groups is 1. The summed E-state index contributed by atoms with van der Waals surface area (Å²) in [7, 11) is 0. The molecule has 0 radical (unpaired) electrons. The second-order valence-corrected chi connectivity index (χ2v) is 5.74. The first-order valence-electron chi connectivity index (χ1n) is 6.02. The Kier molecular flexibility index (Phi) is 4.27. The maximum Gasteiger partial charge on any atom is 0.0462 e. The van der Waals surface area contributed by atoms with Crippen LogP contribution in [0.5, 0.6) is 0 Å². The smallest absolute Gasteiger partial charge is 0.0462 e. The minimum Gasteiger partial charge on any atom is -0.271 e. The van der Waals surface area contributed by atoms with Gasteiger partial charge < -0.3 is 0 Å². The van der Waals surface area contributed by atoms with E-state index < -0.39 is 0 Å². The fourth-order valence-corrected chi connectivity index (χ4v) is 2.61. The molecule has 0 amide bonds. The molecule has 1 aliphatic rings. The van der Waals surface area contributed by atoms with E-state index in [2.05, 4.69) is 36.6 Å². The molecule has 0 heterocycles. The number of hydrazine groups is 1. The molecule has 3 N–H and O–H groups in total. The van der Waals surface area contributed by atoms with E-state index in [1.165, 1.54) is 29.7 Å². The first-order chi connectivity index (χ1) is 7.83. The molecule has 0 aliphatic heterocycles. The molecule has 3 heteroatoms. The lowest BCUT2D eigenvalue weighted by molar-refractivity contribution is 0.487. The van der Waals surface area contributed by atoms with Crippen molar-refractivity contribution in [3.05, 3.63) is 29.8 Å². The van der Waals surface area contributed by atoms with E-state index in [1.807, 2.05) is 11.8 Å². The number of benzene rings is 1. The van der Waals surface area contributed by atoms with Gasteiger partial charge in [-0.3, -0.25) is 11.3 Å². The normalized spacial score (nSPS) is 17.4. The first kappa shape index (κ1) is 12.0. The molecular formula is C13H20N2S. The molecule has 1 aliphatic carbocycles. The Morgan fingerprint density at radius 3 is 2.56 bits per heavy atom. The van der Waals surface area contributed by atoms with E-state index in [0.717, 1.165) is 11.7 Å². The van der Waals surface area contributed by atoms with E-state index in [4.69, 9.17) is 5.84 Å². The molecule has 2 nitrogen and oxygen atoms in total. The number of hydrogen-bond acceptors (Lipinski definition) is 3. The van der Waals surface area contributed by atoms with Crippen LogP contribution in [0, 0.1) is 5.92 Å². The summed E-state index contributed by atoms with van der Waals surface area (Å²) in [6.07, 6.45) is 3.93. The van der Waals surface area contributed by atoms with Crippen LogP contribution in [0.1, 0.15) is 37.8 Å². The average Bonchev–Trinajstić information content (AvgIpc) is 3.11. The molecule has 0 saturated heterocycles. The summed E-state index contributed by atoms with van der Waals surface area (Å²) in [4.78, 5) is 1.34. The van der Waals surface area contributed by atoms with Crippen LogP contribution < -0.4 is 11.3 Å². The summed E-state index contributed by atoms with van der Waals surface area (Å²) < 4.78 is 0. The van der Waals surface area contributed by atoms with Crippen molar-refractivity contribution in [1.82, 2.24) is 5.43 Å². The van der Waals surface area contributed by atoms with Gasteiger partial charge >= 0.3 is 0 Å². The van der Waals surface area contributed by atoms with Gasteiger partial charge in [-0.1, -0.05) is 31.9 Å². The predicted octanol–water partition coefficient (Wildman–Crippen LogP) is 3.10. The Balaban J connectivity index is 1.99. The average molecular weight is 236 g/mol. The first-order valence-corrected chi connectivity index (χ1v) is 7.01. The highest BCUT2D eigenvalue weighted by Crippen LogP contribution is 2.37. The fourth-order valence-electron chi connectivity index (χ4n) is 1.95. The van der Waals surface area contributed by atoms with Crippen LogP contribution in [-0.2, 0) is 0 Å². The van der Waals surface area contributed by atoms with Gasteiger partial charge in [0, 0.05) is 10.9 Å². The van der Waals surface area contributed by atoms with Crippen LogP contribution in [0.4, 0.5) is 0 Å². The van der Waals surface area contributed by atoms with Crippen LogP contribution in [0.25, 0.3) is 0 Å². The molecular weight excluding hydrogens is 216 g/mol. The van der Waals surface area contributed by atoms with Crippen molar-refractivity contribution in [3.8, 4) is 0 Å². The molecule has 1 atom stereocenters. The summed E-state index contributed by atoms with van der Waals surface area (Å²) in [6, 6.07) is 9.12. The zero-order chi connectivity index (χ0) is 11.4. The van der Waals surface area contributed by atoms with Gasteiger partial charge in [-0.2, -0.15) is 0 Å². The zero-order valence-corrected chi connectivity index (χ0v) is 10.6. The standard InChI is InChI=1S/C13H20N2S/c1-2-16-12-7-5-11(6-8-12)13(15-14)9-10-3-4-10/h5-8,10,13,15H,2-4,9,14H2,1H3. The van der Waals surface area contributed by atoms with Gasteiger partial charge in [0.15, 0.2) is 0 Å². The van der Waals surface area contributed by atoms with E-state index in [-0.39, 0.29) is 0 Å². The van der Waals surface area contributed by atoms with Gasteiger partial charge in [0.1, 0.15) is 0 Å². The minimum absolute atomic E-state index is 0.327. The summed E-state index contributed by atoms with van der Waals surface area (Å²) in [5.41, 5.74) is 4.25. The topological polar surface area (TPSA) is 38.0 Å². The van der Waals surface area contributed by atoms with Crippen molar-refractivity contribution in [2.75, 3.05) is 5.75 Å². The summed E-state index contributed by atoms with van der Waals surface area (Å²) in [5.74, 6) is 7.64. The van der Waals surface area contributed by atoms with Crippen LogP contribution in [0.15, 0.2) is 29.2 Å². The van der Waals surface area contributed by atoms with Crippen molar-refractivity contribution >= 4 is 11.8 Å². The van der Waals surface area contributed by atoms with Gasteiger partial charge in [0.05, 0.1) is 0 Å². The quantitative estimate of drug-likeness (QED) is 0.453. The maximum absolute atomic E-state index is 5.62. The van der Waals surface area contributed by atoms with Gasteiger partial charge in [0.25, 0.3) is 0 Å². The lowest BCUT2D eigenvalue weighted by atomic mass is 10.0. The van der Waals surface area contributed by atoms with Crippen LogP contribution in [0.2, 0.25) is 0 Å². The van der Waals surface area contributed by atoms with E-state index >= 15 is 0 Å². The number of rotatable bonds is 6. The van der Waals surface area contributed by atoms with E-state index in [1.54, 1.807) is 0 Å². The van der Waals surface area contributed by atoms with Crippen molar-refractivity contribution in [2.24, 2.45) is 11.8 Å². The Bertz CT molecular complexity index is 319. The molecule has 0 spiro atoms. The summed E-state index contributed by atoms with van der Waals surface area (Å²) in [5, 5.41) is 0. The molecule has 1 aromatic carbocycles. The third-order valence-electron chi connectivity index (χ3n) is 3.06. The molecule has 16 heavy (non-hydrogen) atoms. The van der Waals surface area contributed by atoms with Gasteiger partial charge in [-0.25, -0.2) is 0 Å². The molecule has 1 unspecified atom stereocenters. The van der Waals surface area contributed by atoms with Gasteiger partial charge in [0.2, 0.25) is 0 Å². The maximum atomic E-state index is 5.62. The van der Waals surface area contributed by atoms with Gasteiger partial charge in [-0.05, 0) is 35.8 Å². The lowest BCUT2D eigenvalue weighted by Gasteiger charge is -2.16. The molecule has 88 valence electrons. The summed E-state index contributed by atoms with van der Waals surface area (Å²) in [6.45, 7) is 2.18. The largest absolute Gasteiger partial charge is 0.271 e. The molecule has 0 bridgehead atoms. The van der Waals surface area contributed by atoms with E-state index in [9.17, 15) is 0 Å². The van der Waals surface area contributed by atoms with Crippen LogP contribution in [0.3, 0.4) is 0 Å². The number of nitrogens with one attached hydrogen (secondary N) is 1. The highest BCUT2D eigenvalue weighted by molar-refractivity contribution is 7.99. The highest BCUT2D eigenvalue weighted by Gasteiger charge is 2.25. The van der Waals surface area contributed by atoms with Crippen molar-refractivity contribution in [2.45, 2.75) is 37.1 Å². The van der Waals surface area contributed by atoms with Crippen LogP contribution >= 0.6 is 11.8 Å². The number of nitrogens with two attached hydrogens (primary N) is 1. The Morgan fingerprint density at radius 1 is 1.38 bits per heavy atom. The molecule has 0 aromatic heterocycles. The Morgan fingerprint density at radius 2 is 2.06 bits per heavy atom. The molecule has 2 rings (SSSR count). The SMILES string of the molecule is CCSc1ccc(C(CC2CC2)NN)cc1. The molecule has 1 fully saturated rings. The third-order valence-corrected chi connectivity index (χ3v) is 3.95. The highest BCUT2D eigenvalue weighted by atomic mass is 32.2. The fraction of sp³-hybridized carbons (Fsp3) is 0.538. The van der Waals surface area contributed by atoms with Crippen molar-refractivity contribution in [3.63, 3.8) is 0 Å². The molecule has 1 saturated carbocycles. The predicted molar refractivity (Wildman–Crippen MR) is 70.2 cm³/mol. The number of hydrogen-bond donors (Lipinski definition) is 2. The van der Waals surface area contributed by atoms with Crippen molar-refractivity contribution < 1.29 is 0 Å². The second kappa shape index (κ2) is 5.71. The minimum atomic E-state index is 0.327. The lowest BCUT2D eigenvalue weighted by Crippen LogP contribution is -2.28. The molecule has 1 aromatic rings.